The summed E-state index contributed by atoms with van der Waals surface area (Å²) >= 11 is 0. The summed E-state index contributed by atoms with van der Waals surface area (Å²) in [5, 5.41) is 2.86. The number of amides is 1. The van der Waals surface area contributed by atoms with Gasteiger partial charge in [-0.05, 0) is 30.9 Å². The summed E-state index contributed by atoms with van der Waals surface area (Å²) < 4.78 is 46.0. The number of sulfonamides is 1. The fourth-order valence-corrected chi connectivity index (χ4v) is 4.68. The van der Waals surface area contributed by atoms with Crippen LogP contribution in [0, 0.1) is 11.7 Å². The molecule has 1 atom stereocenters. The Kier molecular flexibility index (Phi) is 8.58. The van der Waals surface area contributed by atoms with E-state index in [1.807, 2.05) is 0 Å². The Balaban J connectivity index is 1.95. The summed E-state index contributed by atoms with van der Waals surface area (Å²) in [5.41, 5.74) is 0. The standard InChI is InChI=1S/C20H29FN2O5S/c1-14(2)19(23-29(26,27)17-12-8-7-11-16(17)21)20(25)28-13-18(24)22-15-9-5-3-4-6-10-15/h7-8,11-12,14-15,19,23H,3-6,9-10,13H2,1-2H3,(H,22,24). The molecule has 0 bridgehead atoms. The quantitative estimate of drug-likeness (QED) is 0.489. The summed E-state index contributed by atoms with van der Waals surface area (Å²) in [6.45, 7) is 2.77. The molecule has 1 saturated carbocycles. The molecule has 1 aromatic rings. The molecule has 29 heavy (non-hydrogen) atoms. The van der Waals surface area contributed by atoms with Crippen LogP contribution in [0.3, 0.4) is 0 Å². The topological polar surface area (TPSA) is 102 Å². The molecule has 1 fully saturated rings. The summed E-state index contributed by atoms with van der Waals surface area (Å²) in [6.07, 6.45) is 6.21. The minimum absolute atomic E-state index is 0.0733. The summed E-state index contributed by atoms with van der Waals surface area (Å²) in [4.78, 5) is 24.0. The van der Waals surface area contributed by atoms with Crippen LogP contribution in [0.2, 0.25) is 0 Å². The summed E-state index contributed by atoms with van der Waals surface area (Å²) in [6, 6.07) is 3.72. The largest absolute Gasteiger partial charge is 0.454 e. The van der Waals surface area contributed by atoms with Crippen molar-refractivity contribution in [1.29, 1.82) is 0 Å². The molecular weight excluding hydrogens is 399 g/mol. The highest BCUT2D eigenvalue weighted by molar-refractivity contribution is 7.89. The second-order valence-electron chi connectivity index (χ2n) is 7.64. The smallest absolute Gasteiger partial charge is 0.324 e. The van der Waals surface area contributed by atoms with Crippen molar-refractivity contribution in [2.75, 3.05) is 6.61 Å². The minimum Gasteiger partial charge on any atom is -0.454 e. The maximum atomic E-state index is 13.9. The van der Waals surface area contributed by atoms with Gasteiger partial charge in [-0.3, -0.25) is 9.59 Å². The average molecular weight is 429 g/mol. The number of hydrogen-bond donors (Lipinski definition) is 2. The fraction of sp³-hybridized carbons (Fsp3) is 0.600. The van der Waals surface area contributed by atoms with E-state index in [0.29, 0.717) is 0 Å². The van der Waals surface area contributed by atoms with Crippen LogP contribution in [-0.4, -0.2) is 39.0 Å². The lowest BCUT2D eigenvalue weighted by Crippen LogP contribution is -2.46. The molecule has 1 aliphatic rings. The fourth-order valence-electron chi connectivity index (χ4n) is 3.27. The number of nitrogens with one attached hydrogen (secondary N) is 2. The van der Waals surface area contributed by atoms with Gasteiger partial charge in [0.1, 0.15) is 16.8 Å². The second-order valence-corrected chi connectivity index (χ2v) is 9.32. The molecule has 9 heteroatoms. The van der Waals surface area contributed by atoms with E-state index in [1.165, 1.54) is 12.1 Å². The Morgan fingerprint density at radius 3 is 2.34 bits per heavy atom. The van der Waals surface area contributed by atoms with Gasteiger partial charge in [0.05, 0.1) is 0 Å². The van der Waals surface area contributed by atoms with Gasteiger partial charge in [-0.1, -0.05) is 51.7 Å². The Hall–Kier alpha value is -2.00. The maximum absolute atomic E-state index is 13.9. The minimum atomic E-state index is -4.27. The van der Waals surface area contributed by atoms with Crippen LogP contribution in [-0.2, 0) is 24.3 Å². The summed E-state index contributed by atoms with van der Waals surface area (Å²) in [5.74, 6) is -2.67. The highest BCUT2D eigenvalue weighted by Gasteiger charge is 2.31. The SMILES string of the molecule is CC(C)C(NS(=O)(=O)c1ccccc1F)C(=O)OCC(=O)NC1CCCCCC1. The van der Waals surface area contributed by atoms with Gasteiger partial charge in [-0.25, -0.2) is 12.8 Å². The highest BCUT2D eigenvalue weighted by Crippen LogP contribution is 2.18. The number of halogens is 1. The van der Waals surface area contributed by atoms with Crippen LogP contribution < -0.4 is 10.0 Å². The number of carbonyl (C=O) groups is 2. The lowest BCUT2D eigenvalue weighted by atomic mass is 10.1. The van der Waals surface area contributed by atoms with E-state index in [4.69, 9.17) is 4.74 Å². The van der Waals surface area contributed by atoms with E-state index >= 15 is 0 Å². The zero-order chi connectivity index (χ0) is 21.4. The van der Waals surface area contributed by atoms with Crippen LogP contribution in [0.1, 0.15) is 52.4 Å². The molecule has 0 aliphatic heterocycles. The average Bonchev–Trinajstić information content (AvgIpc) is 2.93. The second kappa shape index (κ2) is 10.7. The Labute approximate surface area is 171 Å². The molecule has 0 saturated heterocycles. The van der Waals surface area contributed by atoms with Gasteiger partial charge in [0, 0.05) is 6.04 Å². The van der Waals surface area contributed by atoms with Crippen molar-refractivity contribution in [2.24, 2.45) is 5.92 Å². The lowest BCUT2D eigenvalue weighted by Gasteiger charge is -2.21. The number of carbonyl (C=O) groups excluding carboxylic acids is 2. The molecular formula is C20H29FN2O5S. The zero-order valence-electron chi connectivity index (χ0n) is 16.8. The van der Waals surface area contributed by atoms with Crippen LogP contribution >= 0.6 is 0 Å². The van der Waals surface area contributed by atoms with Crippen LogP contribution in [0.25, 0.3) is 0 Å². The first-order chi connectivity index (χ1) is 13.7. The maximum Gasteiger partial charge on any atom is 0.324 e. The Bertz CT molecular complexity index is 805. The van der Waals surface area contributed by atoms with Gasteiger partial charge in [0.2, 0.25) is 10.0 Å². The molecule has 0 aromatic heterocycles. The molecule has 7 nitrogen and oxygen atoms in total. The number of rotatable bonds is 8. The van der Waals surface area contributed by atoms with Gasteiger partial charge >= 0.3 is 5.97 Å². The van der Waals surface area contributed by atoms with Crippen molar-refractivity contribution in [3.63, 3.8) is 0 Å². The van der Waals surface area contributed by atoms with E-state index in [1.54, 1.807) is 13.8 Å². The van der Waals surface area contributed by atoms with E-state index in [2.05, 4.69) is 10.0 Å². The van der Waals surface area contributed by atoms with Gasteiger partial charge in [-0.15, -0.1) is 0 Å². The van der Waals surface area contributed by atoms with Gasteiger partial charge in [-0.2, -0.15) is 4.72 Å². The molecule has 162 valence electrons. The predicted octanol–water partition coefficient (Wildman–Crippen LogP) is 2.51. The van der Waals surface area contributed by atoms with Gasteiger partial charge < -0.3 is 10.1 Å². The van der Waals surface area contributed by atoms with Crippen molar-refractivity contribution >= 4 is 21.9 Å². The molecule has 2 N–H and O–H groups in total. The highest BCUT2D eigenvalue weighted by atomic mass is 32.2. The molecule has 1 aromatic carbocycles. The normalized spacial score (nSPS) is 16.8. The van der Waals surface area contributed by atoms with Crippen molar-refractivity contribution in [2.45, 2.75) is 69.4 Å². The Morgan fingerprint density at radius 2 is 1.76 bits per heavy atom. The first-order valence-electron chi connectivity index (χ1n) is 9.93. The van der Waals surface area contributed by atoms with Crippen LogP contribution in [0.5, 0.6) is 0 Å². The van der Waals surface area contributed by atoms with E-state index in [-0.39, 0.29) is 6.04 Å². The molecule has 0 radical (unpaired) electrons. The molecule has 1 aliphatic carbocycles. The van der Waals surface area contributed by atoms with Gasteiger partial charge in [0.15, 0.2) is 6.61 Å². The predicted molar refractivity (Wildman–Crippen MR) is 106 cm³/mol. The molecule has 2 rings (SSSR count). The van der Waals surface area contributed by atoms with Crippen molar-refractivity contribution in [1.82, 2.24) is 10.0 Å². The molecule has 0 heterocycles. The molecule has 1 unspecified atom stereocenters. The van der Waals surface area contributed by atoms with E-state index in [9.17, 15) is 22.4 Å². The van der Waals surface area contributed by atoms with Crippen molar-refractivity contribution in [3.05, 3.63) is 30.1 Å². The third-order valence-electron chi connectivity index (χ3n) is 4.89. The first-order valence-corrected chi connectivity index (χ1v) is 11.4. The third-order valence-corrected chi connectivity index (χ3v) is 6.37. The number of ether oxygens (including phenoxy) is 1. The van der Waals surface area contributed by atoms with Crippen LogP contribution in [0.15, 0.2) is 29.2 Å². The Morgan fingerprint density at radius 1 is 1.14 bits per heavy atom. The molecule has 1 amide bonds. The number of hydrogen-bond acceptors (Lipinski definition) is 5. The summed E-state index contributed by atoms with van der Waals surface area (Å²) in [7, 11) is -4.27. The first kappa shape index (κ1) is 23.3. The van der Waals surface area contributed by atoms with Crippen molar-refractivity contribution in [3.8, 4) is 0 Å². The van der Waals surface area contributed by atoms with E-state index in [0.717, 1.165) is 50.7 Å². The van der Waals surface area contributed by atoms with E-state index < -0.39 is 51.2 Å². The number of esters is 1. The lowest BCUT2D eigenvalue weighted by molar-refractivity contribution is -0.151. The van der Waals surface area contributed by atoms with Crippen molar-refractivity contribution < 1.29 is 27.1 Å². The van der Waals surface area contributed by atoms with Gasteiger partial charge in [0.25, 0.3) is 5.91 Å². The van der Waals surface area contributed by atoms with Crippen LogP contribution in [0.4, 0.5) is 4.39 Å². The third kappa shape index (κ3) is 7.08. The zero-order valence-corrected chi connectivity index (χ0v) is 17.6. The number of benzene rings is 1. The monoisotopic (exact) mass is 428 g/mol. The molecule has 0 spiro atoms.